The Hall–Kier alpha value is -1.66. The molecule has 1 aliphatic carbocycles. The van der Waals surface area contributed by atoms with Crippen LogP contribution in [0.3, 0.4) is 0 Å². The van der Waals surface area contributed by atoms with Gasteiger partial charge in [0.15, 0.2) is 0 Å². The molecule has 1 saturated carbocycles. The Morgan fingerprint density at radius 1 is 1.50 bits per heavy atom. The molecular formula is C13H15ClN2O4. The molecule has 1 fully saturated rings. The van der Waals surface area contributed by atoms with Gasteiger partial charge in [-0.3, -0.25) is 14.9 Å². The molecule has 0 heterocycles. The van der Waals surface area contributed by atoms with E-state index in [0.29, 0.717) is 6.54 Å². The topological polar surface area (TPSA) is 92.5 Å². The standard InChI is InChI=1S/C13H15ClN2O4/c14-11-6-9(16(19)20)4-5-10(11)13(18)15-7-8-2-1-3-12(8)17/h4-6,8,12,17H,1-3,7H2,(H,15,18). The Morgan fingerprint density at radius 3 is 2.80 bits per heavy atom. The summed E-state index contributed by atoms with van der Waals surface area (Å²) >= 11 is 5.88. The summed E-state index contributed by atoms with van der Waals surface area (Å²) in [6, 6.07) is 3.73. The SMILES string of the molecule is O=C(NCC1CCCC1O)c1ccc([N+](=O)[O-])cc1Cl. The average Bonchev–Trinajstić information content (AvgIpc) is 2.81. The number of benzene rings is 1. The molecule has 0 bridgehead atoms. The van der Waals surface area contributed by atoms with E-state index in [4.69, 9.17) is 11.6 Å². The van der Waals surface area contributed by atoms with Gasteiger partial charge in [-0.05, 0) is 18.9 Å². The minimum Gasteiger partial charge on any atom is -0.393 e. The molecule has 20 heavy (non-hydrogen) atoms. The first-order valence-corrected chi connectivity index (χ1v) is 6.77. The molecule has 2 atom stereocenters. The van der Waals surface area contributed by atoms with E-state index in [1.54, 1.807) is 0 Å². The minimum absolute atomic E-state index is 0.0451. The predicted molar refractivity (Wildman–Crippen MR) is 73.8 cm³/mol. The van der Waals surface area contributed by atoms with Gasteiger partial charge in [-0.1, -0.05) is 18.0 Å². The van der Waals surface area contributed by atoms with E-state index in [0.717, 1.165) is 25.3 Å². The molecule has 0 radical (unpaired) electrons. The number of amides is 1. The highest BCUT2D eigenvalue weighted by Gasteiger charge is 2.25. The van der Waals surface area contributed by atoms with Crippen LogP contribution < -0.4 is 5.32 Å². The van der Waals surface area contributed by atoms with Gasteiger partial charge in [-0.2, -0.15) is 0 Å². The number of non-ortho nitro benzene ring substituents is 1. The molecule has 2 rings (SSSR count). The number of nitrogens with one attached hydrogen (secondary N) is 1. The summed E-state index contributed by atoms with van der Waals surface area (Å²) in [6.45, 7) is 0.382. The van der Waals surface area contributed by atoms with E-state index in [2.05, 4.69) is 5.32 Å². The van der Waals surface area contributed by atoms with Crippen LogP contribution in [-0.4, -0.2) is 28.6 Å². The maximum absolute atomic E-state index is 12.0. The molecule has 2 N–H and O–H groups in total. The van der Waals surface area contributed by atoms with Crippen molar-refractivity contribution in [2.24, 2.45) is 5.92 Å². The van der Waals surface area contributed by atoms with Crippen molar-refractivity contribution in [1.29, 1.82) is 0 Å². The fourth-order valence-corrected chi connectivity index (χ4v) is 2.64. The van der Waals surface area contributed by atoms with Gasteiger partial charge in [-0.25, -0.2) is 0 Å². The first-order chi connectivity index (χ1) is 9.49. The maximum atomic E-state index is 12.0. The number of nitro benzene ring substituents is 1. The van der Waals surface area contributed by atoms with Crippen LogP contribution in [-0.2, 0) is 0 Å². The number of carbonyl (C=O) groups is 1. The molecule has 0 saturated heterocycles. The van der Waals surface area contributed by atoms with Crippen molar-refractivity contribution in [2.45, 2.75) is 25.4 Å². The van der Waals surface area contributed by atoms with E-state index in [-0.39, 0.29) is 34.2 Å². The Balaban J connectivity index is 2.00. The first-order valence-electron chi connectivity index (χ1n) is 6.39. The second kappa shape index (κ2) is 6.19. The fourth-order valence-electron chi connectivity index (χ4n) is 2.38. The summed E-state index contributed by atoms with van der Waals surface area (Å²) in [5, 5.41) is 23.0. The van der Waals surface area contributed by atoms with Gasteiger partial charge >= 0.3 is 0 Å². The highest BCUT2D eigenvalue weighted by atomic mass is 35.5. The summed E-state index contributed by atoms with van der Waals surface area (Å²) < 4.78 is 0. The largest absolute Gasteiger partial charge is 0.393 e. The second-order valence-corrected chi connectivity index (χ2v) is 5.30. The Bertz CT molecular complexity index is 535. The van der Waals surface area contributed by atoms with Gasteiger partial charge in [0.05, 0.1) is 21.6 Å². The molecule has 0 aliphatic heterocycles. The monoisotopic (exact) mass is 298 g/mol. The van der Waals surface area contributed by atoms with Crippen molar-refractivity contribution in [3.05, 3.63) is 38.9 Å². The molecule has 1 aromatic rings. The summed E-state index contributed by atoms with van der Waals surface area (Å²) in [5.74, 6) is -0.320. The summed E-state index contributed by atoms with van der Waals surface area (Å²) in [6.07, 6.45) is 2.23. The van der Waals surface area contributed by atoms with E-state index >= 15 is 0 Å². The van der Waals surface area contributed by atoms with Crippen molar-refractivity contribution >= 4 is 23.2 Å². The van der Waals surface area contributed by atoms with Crippen molar-refractivity contribution in [1.82, 2.24) is 5.32 Å². The Morgan fingerprint density at radius 2 is 2.25 bits per heavy atom. The number of halogens is 1. The normalized spacial score (nSPS) is 21.7. The molecule has 6 nitrogen and oxygen atoms in total. The number of aliphatic hydroxyl groups excluding tert-OH is 1. The number of rotatable bonds is 4. The van der Waals surface area contributed by atoms with Crippen LogP contribution in [0, 0.1) is 16.0 Å². The zero-order valence-electron chi connectivity index (χ0n) is 10.7. The van der Waals surface area contributed by atoms with Crippen molar-refractivity contribution in [3.8, 4) is 0 Å². The third kappa shape index (κ3) is 3.26. The summed E-state index contributed by atoms with van der Waals surface area (Å²) in [4.78, 5) is 22.0. The fraction of sp³-hybridized carbons (Fsp3) is 0.462. The molecule has 2 unspecified atom stereocenters. The lowest BCUT2D eigenvalue weighted by molar-refractivity contribution is -0.384. The number of nitrogens with zero attached hydrogens (tertiary/aromatic N) is 1. The lowest BCUT2D eigenvalue weighted by Gasteiger charge is -2.15. The minimum atomic E-state index is -0.567. The van der Waals surface area contributed by atoms with Gasteiger partial charge in [0.25, 0.3) is 11.6 Å². The quantitative estimate of drug-likeness (QED) is 0.658. The predicted octanol–water partition coefficient (Wildman–Crippen LogP) is 2.14. The number of aliphatic hydroxyl groups is 1. The molecule has 0 spiro atoms. The highest BCUT2D eigenvalue weighted by molar-refractivity contribution is 6.34. The van der Waals surface area contributed by atoms with Gasteiger partial charge in [0.1, 0.15) is 0 Å². The van der Waals surface area contributed by atoms with Gasteiger partial charge < -0.3 is 10.4 Å². The summed E-state index contributed by atoms with van der Waals surface area (Å²) in [5.41, 5.74) is 0.0440. The van der Waals surface area contributed by atoms with Gasteiger partial charge in [0.2, 0.25) is 0 Å². The third-order valence-electron chi connectivity index (χ3n) is 3.55. The van der Waals surface area contributed by atoms with Crippen LogP contribution in [0.2, 0.25) is 5.02 Å². The molecule has 1 aliphatic rings. The van der Waals surface area contributed by atoms with E-state index < -0.39 is 4.92 Å². The number of nitro groups is 1. The van der Waals surface area contributed by atoms with Gasteiger partial charge in [-0.15, -0.1) is 0 Å². The maximum Gasteiger partial charge on any atom is 0.270 e. The lowest BCUT2D eigenvalue weighted by atomic mass is 10.1. The van der Waals surface area contributed by atoms with Crippen LogP contribution in [0.1, 0.15) is 29.6 Å². The van der Waals surface area contributed by atoms with Crippen LogP contribution in [0.25, 0.3) is 0 Å². The Labute approximate surface area is 120 Å². The lowest BCUT2D eigenvalue weighted by Crippen LogP contribution is -2.32. The molecule has 1 amide bonds. The van der Waals surface area contributed by atoms with E-state index in [1.807, 2.05) is 0 Å². The first kappa shape index (κ1) is 14.7. The van der Waals surface area contributed by atoms with Crippen LogP contribution in [0.4, 0.5) is 5.69 Å². The number of hydrogen-bond donors (Lipinski definition) is 2. The summed E-state index contributed by atoms with van der Waals surface area (Å²) in [7, 11) is 0. The van der Waals surface area contributed by atoms with Crippen molar-refractivity contribution in [3.63, 3.8) is 0 Å². The molecule has 7 heteroatoms. The molecular weight excluding hydrogens is 284 g/mol. The van der Waals surface area contributed by atoms with Crippen molar-refractivity contribution < 1.29 is 14.8 Å². The van der Waals surface area contributed by atoms with E-state index in [1.165, 1.54) is 12.1 Å². The van der Waals surface area contributed by atoms with Crippen LogP contribution in [0.15, 0.2) is 18.2 Å². The highest BCUT2D eigenvalue weighted by Crippen LogP contribution is 2.25. The zero-order chi connectivity index (χ0) is 14.7. The van der Waals surface area contributed by atoms with Crippen LogP contribution >= 0.6 is 11.6 Å². The molecule has 108 valence electrons. The molecule has 0 aromatic heterocycles. The number of carbonyl (C=O) groups excluding carboxylic acids is 1. The average molecular weight is 299 g/mol. The molecule has 1 aromatic carbocycles. The van der Waals surface area contributed by atoms with E-state index in [9.17, 15) is 20.0 Å². The smallest absolute Gasteiger partial charge is 0.270 e. The van der Waals surface area contributed by atoms with Gasteiger partial charge in [0, 0.05) is 24.6 Å². The van der Waals surface area contributed by atoms with Crippen molar-refractivity contribution in [2.75, 3.05) is 6.54 Å². The Kier molecular flexibility index (Phi) is 4.57. The third-order valence-corrected chi connectivity index (χ3v) is 3.86. The zero-order valence-corrected chi connectivity index (χ0v) is 11.5. The second-order valence-electron chi connectivity index (χ2n) is 4.89. The number of hydrogen-bond acceptors (Lipinski definition) is 4. The van der Waals surface area contributed by atoms with Crippen LogP contribution in [0.5, 0.6) is 0 Å².